The Morgan fingerprint density at radius 3 is 2.36 bits per heavy atom. The van der Waals surface area contributed by atoms with Crippen LogP contribution in [0.1, 0.15) is 52.7 Å². The van der Waals surface area contributed by atoms with Gasteiger partial charge in [-0.25, -0.2) is 4.98 Å². The fourth-order valence-corrected chi connectivity index (χ4v) is 4.75. The molecule has 0 spiro atoms. The summed E-state index contributed by atoms with van der Waals surface area (Å²) in [6.45, 7) is 0.895. The number of benzene rings is 2. The molecule has 0 N–H and O–H groups in total. The summed E-state index contributed by atoms with van der Waals surface area (Å²) in [6.07, 6.45) is 5.99. The third-order valence-corrected chi connectivity index (χ3v) is 6.39. The van der Waals surface area contributed by atoms with Gasteiger partial charge in [0.25, 0.3) is 5.91 Å². The Balaban J connectivity index is 1.59. The van der Waals surface area contributed by atoms with Gasteiger partial charge in [-0.1, -0.05) is 73.2 Å². The smallest absolute Gasteiger partial charge is 0.274 e. The Bertz CT molecular complexity index is 1180. The fraction of sp³-hybridized carbons (Fsp3) is 0.250. The number of amides is 1. The van der Waals surface area contributed by atoms with Gasteiger partial charge >= 0.3 is 0 Å². The van der Waals surface area contributed by atoms with Crippen molar-refractivity contribution in [2.75, 3.05) is 7.05 Å². The maximum atomic E-state index is 14.0. The lowest BCUT2D eigenvalue weighted by Crippen LogP contribution is -2.33. The lowest BCUT2D eigenvalue weighted by molar-refractivity contribution is 0.0746. The largest absolute Gasteiger partial charge is 0.328 e. The number of carbonyl (C=O) groups is 1. The van der Waals surface area contributed by atoms with E-state index in [0.717, 1.165) is 54.1 Å². The number of carbonyl (C=O) groups excluding carboxylic acids is 1. The van der Waals surface area contributed by atoms with E-state index in [2.05, 4.69) is 21.7 Å². The molecule has 33 heavy (non-hydrogen) atoms. The van der Waals surface area contributed by atoms with E-state index in [1.807, 2.05) is 73.8 Å². The molecule has 0 saturated carbocycles. The van der Waals surface area contributed by atoms with Crippen LogP contribution in [0.5, 0.6) is 0 Å². The predicted molar refractivity (Wildman–Crippen MR) is 130 cm³/mol. The van der Waals surface area contributed by atoms with Gasteiger partial charge in [0.15, 0.2) is 0 Å². The zero-order valence-corrected chi connectivity index (χ0v) is 18.9. The normalized spacial score (nSPS) is 14.2. The predicted octanol–water partition coefficient (Wildman–Crippen LogP) is 5.53. The third-order valence-electron chi connectivity index (χ3n) is 6.39. The molecule has 0 aliphatic carbocycles. The van der Waals surface area contributed by atoms with Crippen molar-refractivity contribution in [1.29, 1.82) is 0 Å². The molecule has 5 rings (SSSR count). The van der Waals surface area contributed by atoms with E-state index in [1.54, 1.807) is 11.1 Å². The van der Waals surface area contributed by atoms with Crippen LogP contribution in [0.15, 0.2) is 85.1 Å². The van der Waals surface area contributed by atoms with E-state index in [-0.39, 0.29) is 11.9 Å². The van der Waals surface area contributed by atoms with Gasteiger partial charge < -0.3 is 9.47 Å². The molecule has 1 aliphatic rings. The van der Waals surface area contributed by atoms with Crippen molar-refractivity contribution in [2.45, 2.75) is 38.3 Å². The van der Waals surface area contributed by atoms with E-state index >= 15 is 0 Å². The number of aromatic nitrogens is 3. The summed E-state index contributed by atoms with van der Waals surface area (Å²) in [5.74, 6) is 0.820. The molecule has 5 heteroatoms. The average Bonchev–Trinajstić information content (AvgIpc) is 3.06. The minimum Gasteiger partial charge on any atom is -0.328 e. The lowest BCUT2D eigenvalue weighted by Gasteiger charge is -2.28. The summed E-state index contributed by atoms with van der Waals surface area (Å²) in [4.78, 5) is 25.3. The Morgan fingerprint density at radius 2 is 1.64 bits per heavy atom. The zero-order valence-electron chi connectivity index (χ0n) is 18.9. The molecule has 1 unspecified atom stereocenters. The summed E-state index contributed by atoms with van der Waals surface area (Å²) in [7, 11) is 1.86. The Labute approximate surface area is 194 Å². The summed E-state index contributed by atoms with van der Waals surface area (Å²) >= 11 is 0. The molecule has 0 fully saturated rings. The van der Waals surface area contributed by atoms with Crippen LogP contribution in [0.3, 0.4) is 0 Å². The average molecular weight is 437 g/mol. The first-order valence-electron chi connectivity index (χ1n) is 11.6. The Morgan fingerprint density at radius 1 is 0.909 bits per heavy atom. The highest BCUT2D eigenvalue weighted by Gasteiger charge is 2.31. The summed E-state index contributed by atoms with van der Waals surface area (Å²) in [5, 5.41) is 0. The van der Waals surface area contributed by atoms with Crippen LogP contribution in [0.4, 0.5) is 0 Å². The molecule has 166 valence electrons. The third kappa shape index (κ3) is 4.19. The highest BCUT2D eigenvalue weighted by atomic mass is 16.2. The Hall–Kier alpha value is -3.73. The Kier molecular flexibility index (Phi) is 6.03. The molecule has 0 radical (unpaired) electrons. The molecule has 0 bridgehead atoms. The summed E-state index contributed by atoms with van der Waals surface area (Å²) in [5.41, 5.74) is 4.53. The minimum absolute atomic E-state index is 0.0673. The van der Waals surface area contributed by atoms with Crippen LogP contribution in [-0.4, -0.2) is 32.4 Å². The molecule has 2 aromatic heterocycles. The quantitative estimate of drug-likeness (QED) is 0.413. The van der Waals surface area contributed by atoms with Gasteiger partial charge in [-0.3, -0.25) is 9.78 Å². The van der Waals surface area contributed by atoms with E-state index < -0.39 is 0 Å². The molecule has 1 aliphatic heterocycles. The van der Waals surface area contributed by atoms with Crippen LogP contribution in [0.25, 0.3) is 11.4 Å². The number of nitrogens with zero attached hydrogens (tertiary/aromatic N) is 4. The molecular formula is C28H28N4O. The van der Waals surface area contributed by atoms with E-state index in [9.17, 15) is 4.79 Å². The van der Waals surface area contributed by atoms with Crippen LogP contribution >= 0.6 is 0 Å². The lowest BCUT2D eigenvalue weighted by atomic mass is 10.0. The van der Waals surface area contributed by atoms with Crippen LogP contribution in [0.2, 0.25) is 0 Å². The highest BCUT2D eigenvalue weighted by molar-refractivity contribution is 5.94. The molecule has 5 nitrogen and oxygen atoms in total. The maximum Gasteiger partial charge on any atom is 0.274 e. The molecule has 4 aromatic rings. The van der Waals surface area contributed by atoms with Crippen molar-refractivity contribution in [3.63, 3.8) is 0 Å². The summed E-state index contributed by atoms with van der Waals surface area (Å²) < 4.78 is 2.27. The zero-order chi connectivity index (χ0) is 22.6. The topological polar surface area (TPSA) is 51.0 Å². The first kappa shape index (κ1) is 21.1. The van der Waals surface area contributed by atoms with E-state index in [0.29, 0.717) is 5.69 Å². The second kappa shape index (κ2) is 9.41. The van der Waals surface area contributed by atoms with Gasteiger partial charge in [0, 0.05) is 25.4 Å². The van der Waals surface area contributed by atoms with Gasteiger partial charge in [-0.15, -0.1) is 0 Å². The molecule has 1 atom stereocenters. The van der Waals surface area contributed by atoms with Crippen LogP contribution in [0, 0.1) is 0 Å². The van der Waals surface area contributed by atoms with Gasteiger partial charge in [0.2, 0.25) is 0 Å². The minimum atomic E-state index is -0.289. The van der Waals surface area contributed by atoms with Gasteiger partial charge in [0.1, 0.15) is 11.5 Å². The SMILES string of the molecule is CN(C(=O)c1nc(-c2ccccc2)n2c1CCCCC2)C(c1ccccc1)c1ccccn1. The number of fused-ring (bicyclic) bond motifs is 1. The molecule has 1 amide bonds. The number of rotatable bonds is 5. The second-order valence-corrected chi connectivity index (χ2v) is 8.54. The van der Waals surface area contributed by atoms with Gasteiger partial charge in [0.05, 0.1) is 17.4 Å². The van der Waals surface area contributed by atoms with Gasteiger partial charge in [-0.05, 0) is 37.0 Å². The monoisotopic (exact) mass is 436 g/mol. The highest BCUT2D eigenvalue weighted by Crippen LogP contribution is 2.31. The van der Waals surface area contributed by atoms with Crippen molar-refractivity contribution in [2.24, 2.45) is 0 Å². The van der Waals surface area contributed by atoms with E-state index in [4.69, 9.17) is 4.98 Å². The van der Waals surface area contributed by atoms with E-state index in [1.165, 1.54) is 6.42 Å². The van der Waals surface area contributed by atoms with Gasteiger partial charge in [-0.2, -0.15) is 0 Å². The van der Waals surface area contributed by atoms with Crippen LogP contribution < -0.4 is 0 Å². The van der Waals surface area contributed by atoms with Crippen molar-refractivity contribution in [1.82, 2.24) is 19.4 Å². The number of hydrogen-bond acceptors (Lipinski definition) is 3. The molecular weight excluding hydrogens is 408 g/mol. The number of pyridine rings is 1. The number of hydrogen-bond donors (Lipinski definition) is 0. The van der Waals surface area contributed by atoms with Crippen molar-refractivity contribution in [3.8, 4) is 11.4 Å². The maximum absolute atomic E-state index is 14.0. The molecule has 3 heterocycles. The first-order chi connectivity index (χ1) is 16.2. The molecule has 2 aromatic carbocycles. The summed E-state index contributed by atoms with van der Waals surface area (Å²) in [6, 6.07) is 25.8. The number of imidazole rings is 1. The van der Waals surface area contributed by atoms with Crippen molar-refractivity contribution in [3.05, 3.63) is 108 Å². The van der Waals surface area contributed by atoms with Crippen molar-refractivity contribution >= 4 is 5.91 Å². The molecule has 0 saturated heterocycles. The standard InChI is InChI=1S/C28H28N4O/c1-31(26(21-13-5-2-6-14-21)23-17-10-11-19-29-23)28(33)25-24-18-9-4-12-20-32(24)27(30-25)22-15-7-3-8-16-22/h2-3,5-8,10-11,13-17,19,26H,4,9,12,18,20H2,1H3. The van der Waals surface area contributed by atoms with Crippen molar-refractivity contribution < 1.29 is 4.79 Å². The fourth-order valence-electron chi connectivity index (χ4n) is 4.75. The van der Waals surface area contributed by atoms with Crippen LogP contribution in [-0.2, 0) is 13.0 Å². The first-order valence-corrected chi connectivity index (χ1v) is 11.6. The second-order valence-electron chi connectivity index (χ2n) is 8.54.